The Morgan fingerprint density at radius 1 is 1.52 bits per heavy atom. The standard InChI is InChI=1S/C16H20BrNO5/c1-9(19)23-15-12-14(21-3)13(20)10(17)7-18(12)8-11-16(15,2)5-4-6-22-11/h7,11,15H,4-6,8H2,1-3H3/t11?,15?,16-/m0/s1. The molecular weight excluding hydrogens is 366 g/mol. The highest BCUT2D eigenvalue weighted by Gasteiger charge is 2.52. The van der Waals surface area contributed by atoms with E-state index < -0.39 is 6.10 Å². The van der Waals surface area contributed by atoms with Crippen LogP contribution < -0.4 is 10.2 Å². The van der Waals surface area contributed by atoms with Crippen LogP contribution in [0.5, 0.6) is 5.75 Å². The molecule has 0 aliphatic carbocycles. The zero-order valence-corrected chi connectivity index (χ0v) is 15.0. The fourth-order valence-corrected chi connectivity index (χ4v) is 4.10. The van der Waals surface area contributed by atoms with Crippen LogP contribution in [-0.4, -0.2) is 30.4 Å². The number of carbonyl (C=O) groups is 1. The number of ether oxygens (including phenoxy) is 3. The minimum Gasteiger partial charge on any atom is -0.491 e. The molecule has 0 spiro atoms. The van der Waals surface area contributed by atoms with E-state index in [9.17, 15) is 9.59 Å². The maximum atomic E-state index is 12.4. The van der Waals surface area contributed by atoms with Crippen LogP contribution in [0.2, 0.25) is 0 Å². The van der Waals surface area contributed by atoms with Crippen molar-refractivity contribution in [3.8, 4) is 5.75 Å². The maximum Gasteiger partial charge on any atom is 0.303 e. The molecule has 2 unspecified atom stereocenters. The minimum absolute atomic E-state index is 0.0767. The summed E-state index contributed by atoms with van der Waals surface area (Å²) in [5.74, 6) is -0.165. The molecule has 7 heteroatoms. The molecule has 6 nitrogen and oxygen atoms in total. The number of rotatable bonds is 2. The second kappa shape index (κ2) is 5.94. The normalized spacial score (nSPS) is 29.4. The van der Waals surface area contributed by atoms with Crippen LogP contribution in [0, 0.1) is 5.41 Å². The number of esters is 1. The van der Waals surface area contributed by atoms with Crippen LogP contribution in [0.15, 0.2) is 15.5 Å². The lowest BCUT2D eigenvalue weighted by atomic mass is 9.70. The second-order valence-electron chi connectivity index (χ2n) is 6.34. The predicted molar refractivity (Wildman–Crippen MR) is 86.5 cm³/mol. The summed E-state index contributed by atoms with van der Waals surface area (Å²) in [4.78, 5) is 24.1. The predicted octanol–water partition coefficient (Wildman–Crippen LogP) is 2.42. The van der Waals surface area contributed by atoms with Crippen molar-refractivity contribution in [1.82, 2.24) is 4.57 Å². The van der Waals surface area contributed by atoms with Crippen LogP contribution in [0.1, 0.15) is 38.5 Å². The van der Waals surface area contributed by atoms with Crippen molar-refractivity contribution in [3.63, 3.8) is 0 Å². The van der Waals surface area contributed by atoms with Crippen molar-refractivity contribution in [1.29, 1.82) is 0 Å². The molecule has 3 heterocycles. The first kappa shape index (κ1) is 16.5. The van der Waals surface area contributed by atoms with Crippen LogP contribution in [0.25, 0.3) is 0 Å². The van der Waals surface area contributed by atoms with E-state index >= 15 is 0 Å². The van der Waals surface area contributed by atoms with Gasteiger partial charge in [0.1, 0.15) is 5.69 Å². The van der Waals surface area contributed by atoms with Crippen molar-refractivity contribution in [2.24, 2.45) is 5.41 Å². The Kier molecular flexibility index (Phi) is 4.27. The van der Waals surface area contributed by atoms with Gasteiger partial charge in [-0.3, -0.25) is 9.59 Å². The summed E-state index contributed by atoms with van der Waals surface area (Å²) in [6, 6.07) is 0. The van der Waals surface area contributed by atoms with Gasteiger partial charge >= 0.3 is 5.97 Å². The van der Waals surface area contributed by atoms with Crippen molar-refractivity contribution >= 4 is 21.9 Å². The minimum atomic E-state index is -0.574. The molecule has 23 heavy (non-hydrogen) atoms. The number of pyridine rings is 1. The topological polar surface area (TPSA) is 66.8 Å². The molecule has 0 bridgehead atoms. The van der Waals surface area contributed by atoms with E-state index in [1.807, 2.05) is 4.57 Å². The summed E-state index contributed by atoms with van der Waals surface area (Å²) < 4.78 is 19.3. The van der Waals surface area contributed by atoms with E-state index in [1.54, 1.807) is 6.20 Å². The van der Waals surface area contributed by atoms with Gasteiger partial charge in [0.25, 0.3) is 0 Å². The van der Waals surface area contributed by atoms with Gasteiger partial charge < -0.3 is 18.8 Å². The van der Waals surface area contributed by atoms with E-state index in [0.717, 1.165) is 12.8 Å². The van der Waals surface area contributed by atoms with Crippen LogP contribution in [-0.2, 0) is 20.8 Å². The molecule has 0 amide bonds. The van der Waals surface area contributed by atoms with E-state index in [-0.39, 0.29) is 28.7 Å². The molecule has 1 fully saturated rings. The summed E-state index contributed by atoms with van der Waals surface area (Å²) >= 11 is 3.28. The number of carbonyl (C=O) groups excluding carboxylic acids is 1. The molecule has 1 saturated heterocycles. The Morgan fingerprint density at radius 3 is 2.91 bits per heavy atom. The Labute approximate surface area is 142 Å². The first-order chi connectivity index (χ1) is 10.9. The third kappa shape index (κ3) is 2.59. The SMILES string of the molecule is COc1c2n(cc(Br)c1=O)CC1OCCC[C@]1(C)C2OC(C)=O. The number of nitrogens with zero attached hydrogens (tertiary/aromatic N) is 1. The summed E-state index contributed by atoms with van der Waals surface area (Å²) in [7, 11) is 1.46. The fraction of sp³-hybridized carbons (Fsp3) is 0.625. The molecule has 3 rings (SSSR count). The van der Waals surface area contributed by atoms with Gasteiger partial charge in [-0.2, -0.15) is 0 Å². The Hall–Kier alpha value is -1.34. The van der Waals surface area contributed by atoms with Gasteiger partial charge in [0.2, 0.25) is 5.43 Å². The van der Waals surface area contributed by atoms with E-state index in [0.29, 0.717) is 23.3 Å². The molecule has 0 aromatic carbocycles. The van der Waals surface area contributed by atoms with Gasteiger partial charge in [0.15, 0.2) is 11.9 Å². The molecule has 0 saturated carbocycles. The lowest BCUT2D eigenvalue weighted by Crippen LogP contribution is -2.51. The van der Waals surface area contributed by atoms with E-state index in [2.05, 4.69) is 22.9 Å². The van der Waals surface area contributed by atoms with Crippen LogP contribution in [0.3, 0.4) is 0 Å². The first-order valence-corrected chi connectivity index (χ1v) is 8.43. The average Bonchev–Trinajstić information content (AvgIpc) is 2.49. The summed E-state index contributed by atoms with van der Waals surface area (Å²) in [5.41, 5.74) is -0.00730. The fourth-order valence-electron chi connectivity index (χ4n) is 3.68. The molecule has 0 radical (unpaired) electrons. The van der Waals surface area contributed by atoms with Crippen molar-refractivity contribution in [2.45, 2.75) is 45.4 Å². The quantitative estimate of drug-likeness (QED) is 0.731. The molecule has 0 N–H and O–H groups in total. The second-order valence-corrected chi connectivity index (χ2v) is 7.19. The maximum absolute atomic E-state index is 12.4. The van der Waals surface area contributed by atoms with Crippen LogP contribution >= 0.6 is 15.9 Å². The molecule has 2 aliphatic rings. The van der Waals surface area contributed by atoms with Gasteiger partial charge in [-0.05, 0) is 28.8 Å². The zero-order chi connectivity index (χ0) is 16.8. The van der Waals surface area contributed by atoms with Gasteiger partial charge in [-0.1, -0.05) is 6.92 Å². The molecule has 2 aliphatic heterocycles. The highest BCUT2D eigenvalue weighted by Crippen LogP contribution is 2.51. The van der Waals surface area contributed by atoms with E-state index in [1.165, 1.54) is 14.0 Å². The van der Waals surface area contributed by atoms with Gasteiger partial charge in [-0.25, -0.2) is 0 Å². The number of fused-ring (bicyclic) bond motifs is 2. The number of hydrogen-bond donors (Lipinski definition) is 0. The average molecular weight is 386 g/mol. The summed E-state index contributed by atoms with van der Waals surface area (Å²) in [6.07, 6.45) is 2.83. The van der Waals surface area contributed by atoms with Crippen LogP contribution in [0.4, 0.5) is 0 Å². The van der Waals surface area contributed by atoms with E-state index in [4.69, 9.17) is 14.2 Å². The number of halogens is 1. The largest absolute Gasteiger partial charge is 0.491 e. The summed E-state index contributed by atoms with van der Waals surface area (Å²) in [5, 5.41) is 0. The molecule has 1 aromatic heterocycles. The monoisotopic (exact) mass is 385 g/mol. The molecule has 126 valence electrons. The first-order valence-electron chi connectivity index (χ1n) is 7.64. The summed E-state index contributed by atoms with van der Waals surface area (Å²) in [6.45, 7) is 4.73. The van der Waals surface area contributed by atoms with Gasteiger partial charge in [0, 0.05) is 31.7 Å². The lowest BCUT2D eigenvalue weighted by Gasteiger charge is -2.50. The molecule has 3 atom stereocenters. The Balaban J connectivity index is 2.23. The highest BCUT2D eigenvalue weighted by molar-refractivity contribution is 9.10. The number of methoxy groups -OCH3 is 1. The smallest absolute Gasteiger partial charge is 0.303 e. The third-order valence-corrected chi connectivity index (χ3v) is 5.41. The lowest BCUT2D eigenvalue weighted by molar-refractivity contribution is -0.184. The van der Waals surface area contributed by atoms with Gasteiger partial charge in [-0.15, -0.1) is 0 Å². The Morgan fingerprint density at radius 2 is 2.26 bits per heavy atom. The van der Waals surface area contributed by atoms with Crippen molar-refractivity contribution < 1.29 is 19.0 Å². The zero-order valence-electron chi connectivity index (χ0n) is 13.4. The molecule has 1 aromatic rings. The number of aromatic nitrogens is 1. The number of hydrogen-bond acceptors (Lipinski definition) is 5. The van der Waals surface area contributed by atoms with Crippen molar-refractivity contribution in [2.75, 3.05) is 13.7 Å². The Bertz CT molecular complexity index is 700. The third-order valence-electron chi connectivity index (χ3n) is 4.85. The van der Waals surface area contributed by atoms with Crippen molar-refractivity contribution in [3.05, 3.63) is 26.6 Å². The van der Waals surface area contributed by atoms with Gasteiger partial charge in [0.05, 0.1) is 17.7 Å². The molecular formula is C16H20BrNO5. The highest BCUT2D eigenvalue weighted by atomic mass is 79.9.